The van der Waals surface area contributed by atoms with E-state index in [1.54, 1.807) is 0 Å². The summed E-state index contributed by atoms with van der Waals surface area (Å²) >= 11 is 0. The quantitative estimate of drug-likeness (QED) is 0.677. The van der Waals surface area contributed by atoms with E-state index in [4.69, 9.17) is 5.11 Å². The van der Waals surface area contributed by atoms with Crippen molar-refractivity contribution >= 4 is 11.9 Å². The first-order chi connectivity index (χ1) is 12.8. The summed E-state index contributed by atoms with van der Waals surface area (Å²) in [4.78, 5) is 23.3. The molecule has 0 aromatic heterocycles. The van der Waals surface area contributed by atoms with Gasteiger partial charge in [-0.2, -0.15) is 0 Å². The van der Waals surface area contributed by atoms with E-state index in [0.717, 1.165) is 38.5 Å². The van der Waals surface area contributed by atoms with Crippen LogP contribution in [0.3, 0.4) is 0 Å². The van der Waals surface area contributed by atoms with Gasteiger partial charge in [0.15, 0.2) is 0 Å². The number of carboxylic acids is 2. The minimum atomic E-state index is -0.723. The Morgan fingerprint density at radius 2 is 1.96 bits per heavy atom. The van der Waals surface area contributed by atoms with Gasteiger partial charge in [0.2, 0.25) is 0 Å². The van der Waals surface area contributed by atoms with Crippen LogP contribution < -0.4 is 0 Å². The Labute approximate surface area is 161 Å². The number of rotatable bonds is 4. The second kappa shape index (κ2) is 6.49. The van der Waals surface area contributed by atoms with Gasteiger partial charge in [0, 0.05) is 11.8 Å². The van der Waals surface area contributed by atoms with Crippen LogP contribution in [0.15, 0.2) is 23.3 Å². The Morgan fingerprint density at radius 1 is 1.19 bits per heavy atom. The molecule has 4 heteroatoms. The van der Waals surface area contributed by atoms with Crippen molar-refractivity contribution in [3.8, 4) is 0 Å². The topological polar surface area (TPSA) is 74.6 Å². The Hall–Kier alpha value is -1.58. The van der Waals surface area contributed by atoms with Gasteiger partial charge in [-0.3, -0.25) is 9.59 Å². The van der Waals surface area contributed by atoms with Crippen LogP contribution in [-0.4, -0.2) is 22.2 Å². The van der Waals surface area contributed by atoms with Crippen molar-refractivity contribution in [1.82, 2.24) is 0 Å². The van der Waals surface area contributed by atoms with Crippen LogP contribution in [0.4, 0.5) is 0 Å². The van der Waals surface area contributed by atoms with Crippen molar-refractivity contribution in [2.45, 2.75) is 71.6 Å². The van der Waals surface area contributed by atoms with E-state index in [-0.39, 0.29) is 29.1 Å². The maximum Gasteiger partial charge on any atom is 0.307 e. The number of allylic oxidation sites excluding steroid dienone is 4. The Bertz CT molecular complexity index is 720. The van der Waals surface area contributed by atoms with E-state index in [9.17, 15) is 14.7 Å². The molecule has 0 unspecified atom stereocenters. The van der Waals surface area contributed by atoms with Crippen LogP contribution >= 0.6 is 0 Å². The molecular weight excluding hydrogens is 340 g/mol. The molecule has 0 spiro atoms. The molecule has 4 aliphatic carbocycles. The lowest BCUT2D eigenvalue weighted by molar-refractivity contribution is -0.145. The van der Waals surface area contributed by atoms with Crippen LogP contribution in [0.1, 0.15) is 71.6 Å². The standard InChI is InChI=1S/C23H32O4/c1-22-11-4-3-5-15(22)13-16(21(26)27)20-17-8-6-14(7-9-19(24)25)23(17,2)12-10-18(20)22/h5,10,14,16-17,20H,3-4,6-9,11-13H2,1-2H3,(H,24,25)(H,26,27)/t14-,16-,17+,20+,22+,23-/m1/s1. The number of hydrogen-bond acceptors (Lipinski definition) is 2. The van der Waals surface area contributed by atoms with E-state index < -0.39 is 11.9 Å². The summed E-state index contributed by atoms with van der Waals surface area (Å²) in [6.07, 6.45) is 12.8. The molecule has 27 heavy (non-hydrogen) atoms. The van der Waals surface area contributed by atoms with Gasteiger partial charge in [-0.15, -0.1) is 0 Å². The maximum absolute atomic E-state index is 12.2. The smallest absolute Gasteiger partial charge is 0.307 e. The molecule has 0 bridgehead atoms. The molecule has 2 fully saturated rings. The van der Waals surface area contributed by atoms with Crippen molar-refractivity contribution < 1.29 is 19.8 Å². The lowest BCUT2D eigenvalue weighted by Crippen LogP contribution is -2.49. The summed E-state index contributed by atoms with van der Waals surface area (Å²) in [5.41, 5.74) is 2.85. The van der Waals surface area contributed by atoms with Crippen molar-refractivity contribution in [1.29, 1.82) is 0 Å². The van der Waals surface area contributed by atoms with Gasteiger partial charge >= 0.3 is 11.9 Å². The highest BCUT2D eigenvalue weighted by atomic mass is 16.4. The minimum Gasteiger partial charge on any atom is -0.481 e. The molecule has 0 amide bonds. The van der Waals surface area contributed by atoms with Crippen LogP contribution in [0.25, 0.3) is 0 Å². The van der Waals surface area contributed by atoms with E-state index >= 15 is 0 Å². The molecule has 4 aliphatic rings. The average molecular weight is 373 g/mol. The molecule has 0 heterocycles. The zero-order chi connectivity index (χ0) is 19.4. The van der Waals surface area contributed by atoms with Gasteiger partial charge in [-0.05, 0) is 74.5 Å². The Balaban J connectivity index is 1.72. The summed E-state index contributed by atoms with van der Waals surface area (Å²) < 4.78 is 0. The first kappa shape index (κ1) is 18.8. The predicted octanol–water partition coefficient (Wildman–Crippen LogP) is 5.05. The van der Waals surface area contributed by atoms with Crippen molar-refractivity contribution in [3.05, 3.63) is 23.3 Å². The number of hydrogen-bond donors (Lipinski definition) is 2. The number of aliphatic carboxylic acids is 2. The molecule has 4 nitrogen and oxygen atoms in total. The highest BCUT2D eigenvalue weighted by Crippen LogP contribution is 2.66. The average Bonchev–Trinajstić information content (AvgIpc) is 2.95. The maximum atomic E-state index is 12.2. The fraction of sp³-hybridized carbons (Fsp3) is 0.739. The van der Waals surface area contributed by atoms with Gasteiger partial charge in [-0.1, -0.05) is 37.1 Å². The molecule has 2 saturated carbocycles. The first-order valence-electron chi connectivity index (χ1n) is 10.6. The summed E-state index contributed by atoms with van der Waals surface area (Å²) in [5.74, 6) is -0.815. The van der Waals surface area contributed by atoms with Crippen molar-refractivity contribution in [2.24, 2.45) is 34.5 Å². The second-order valence-electron chi connectivity index (χ2n) is 9.81. The summed E-state index contributed by atoms with van der Waals surface area (Å²) in [7, 11) is 0. The van der Waals surface area contributed by atoms with E-state index in [0.29, 0.717) is 18.3 Å². The molecule has 0 aromatic carbocycles. The molecule has 0 saturated heterocycles. The van der Waals surface area contributed by atoms with Gasteiger partial charge in [0.1, 0.15) is 0 Å². The summed E-state index contributed by atoms with van der Waals surface area (Å²) in [5, 5.41) is 19.2. The van der Waals surface area contributed by atoms with Crippen LogP contribution in [0.2, 0.25) is 0 Å². The van der Waals surface area contributed by atoms with Gasteiger partial charge in [0.25, 0.3) is 0 Å². The first-order valence-corrected chi connectivity index (χ1v) is 10.6. The fourth-order valence-corrected chi connectivity index (χ4v) is 7.16. The zero-order valence-corrected chi connectivity index (χ0v) is 16.5. The predicted molar refractivity (Wildman–Crippen MR) is 103 cm³/mol. The van der Waals surface area contributed by atoms with Crippen molar-refractivity contribution in [3.63, 3.8) is 0 Å². The SMILES string of the molecule is C[C@]12CCCC=C1C[C@@H](C(=O)O)[C@@H]1C2=CC[C@]2(C)[C@@H](CCC(=O)O)CC[C@@H]12. The molecule has 2 N–H and O–H groups in total. The zero-order valence-electron chi connectivity index (χ0n) is 16.5. The monoisotopic (exact) mass is 372 g/mol. The number of carboxylic acid groups (broad SMARTS) is 2. The highest BCUT2D eigenvalue weighted by Gasteiger charge is 2.59. The van der Waals surface area contributed by atoms with E-state index in [1.165, 1.54) is 17.6 Å². The highest BCUT2D eigenvalue weighted by molar-refractivity contribution is 5.73. The molecule has 0 radical (unpaired) electrons. The van der Waals surface area contributed by atoms with Crippen LogP contribution in [0, 0.1) is 34.5 Å². The fourth-order valence-electron chi connectivity index (χ4n) is 7.16. The number of carbonyl (C=O) groups is 2. The van der Waals surface area contributed by atoms with E-state index in [2.05, 4.69) is 26.0 Å². The normalized spacial score (nSPS) is 43.0. The van der Waals surface area contributed by atoms with Gasteiger partial charge in [0.05, 0.1) is 5.92 Å². The Kier molecular flexibility index (Phi) is 4.51. The molecule has 6 atom stereocenters. The summed E-state index contributed by atoms with van der Waals surface area (Å²) in [6, 6.07) is 0. The third-order valence-electron chi connectivity index (χ3n) is 8.67. The molecule has 148 valence electrons. The van der Waals surface area contributed by atoms with Crippen LogP contribution in [-0.2, 0) is 9.59 Å². The second-order valence-corrected chi connectivity index (χ2v) is 9.81. The summed E-state index contributed by atoms with van der Waals surface area (Å²) in [6.45, 7) is 4.65. The molecule has 0 aromatic rings. The lowest BCUT2D eigenvalue weighted by Gasteiger charge is -2.55. The van der Waals surface area contributed by atoms with Crippen molar-refractivity contribution in [2.75, 3.05) is 0 Å². The largest absolute Gasteiger partial charge is 0.481 e. The number of fused-ring (bicyclic) bond motifs is 5. The molecule has 4 rings (SSSR count). The van der Waals surface area contributed by atoms with E-state index in [1.807, 2.05) is 0 Å². The van der Waals surface area contributed by atoms with Crippen LogP contribution in [0.5, 0.6) is 0 Å². The minimum absolute atomic E-state index is 0.0452. The Morgan fingerprint density at radius 3 is 2.67 bits per heavy atom. The molecular formula is C23H32O4. The molecule has 0 aliphatic heterocycles. The third kappa shape index (κ3) is 2.78. The third-order valence-corrected chi connectivity index (χ3v) is 8.67. The lowest BCUT2D eigenvalue weighted by atomic mass is 9.48. The van der Waals surface area contributed by atoms with Gasteiger partial charge in [-0.25, -0.2) is 0 Å². The van der Waals surface area contributed by atoms with Gasteiger partial charge < -0.3 is 10.2 Å².